The highest BCUT2D eigenvalue weighted by Crippen LogP contribution is 2.34. The van der Waals surface area contributed by atoms with Crippen LogP contribution >= 0.6 is 0 Å². The first kappa shape index (κ1) is 28.9. The van der Waals surface area contributed by atoms with E-state index in [0.29, 0.717) is 46.8 Å². The van der Waals surface area contributed by atoms with Crippen LogP contribution in [0, 0.1) is 6.92 Å². The molecule has 1 aromatic carbocycles. The number of amides is 1. The Kier molecular flexibility index (Phi) is 7.57. The number of ether oxygens (including phenoxy) is 1. The highest BCUT2D eigenvalue weighted by atomic mass is 19.4. The highest BCUT2D eigenvalue weighted by Gasteiger charge is 2.31. The van der Waals surface area contributed by atoms with E-state index in [2.05, 4.69) is 15.3 Å². The number of hydrogen-bond donors (Lipinski definition) is 2. The van der Waals surface area contributed by atoms with Crippen LogP contribution in [0.3, 0.4) is 0 Å². The van der Waals surface area contributed by atoms with Crippen molar-refractivity contribution in [3.05, 3.63) is 63.2 Å². The lowest BCUT2D eigenvalue weighted by atomic mass is 9.99. The molecule has 0 radical (unpaired) electrons. The molecule has 1 unspecified atom stereocenters. The summed E-state index contributed by atoms with van der Waals surface area (Å²) < 4.78 is 47.0. The van der Waals surface area contributed by atoms with E-state index in [9.17, 15) is 22.8 Å². The van der Waals surface area contributed by atoms with Crippen LogP contribution in [0.1, 0.15) is 62.7 Å². The molecule has 40 heavy (non-hydrogen) atoms. The van der Waals surface area contributed by atoms with Crippen molar-refractivity contribution >= 4 is 34.2 Å². The van der Waals surface area contributed by atoms with Gasteiger partial charge < -0.3 is 20.7 Å². The molecular weight excluding hydrogens is 525 g/mol. The Bertz CT molecular complexity index is 1560. The molecule has 1 aliphatic heterocycles. The van der Waals surface area contributed by atoms with E-state index in [1.165, 1.54) is 10.6 Å². The first-order valence-corrected chi connectivity index (χ1v) is 12.8. The highest BCUT2D eigenvalue weighted by molar-refractivity contribution is 5.90. The van der Waals surface area contributed by atoms with E-state index < -0.39 is 29.5 Å². The van der Waals surface area contributed by atoms with Gasteiger partial charge in [0.25, 0.3) is 5.56 Å². The maximum Gasteiger partial charge on any atom is 0.416 e. The number of anilines is 2. The summed E-state index contributed by atoms with van der Waals surface area (Å²) in [7, 11) is 1.61. The number of nitrogens with two attached hydrogens (primary N) is 1. The molecule has 214 valence electrons. The zero-order valence-electron chi connectivity index (χ0n) is 23.3. The standard InChI is InChI=1S/C28H33F3N6O3/c1-15(18-11-19(28(29,30)31)13-20(32)12-18)33-23-22-14-21(25(38)36(6)24(22)35-16(2)34-23)17-7-9-37(10-8-17)26(39)40-27(3,4)5/h7,11-15H,8-10,32H2,1-6H3,(H,33,34,35). The van der Waals surface area contributed by atoms with Gasteiger partial charge in [-0.2, -0.15) is 13.2 Å². The third-order valence-electron chi connectivity index (χ3n) is 6.54. The number of aromatic nitrogens is 3. The molecule has 1 atom stereocenters. The molecule has 0 saturated heterocycles. The molecular formula is C28H33F3N6O3. The Morgan fingerprint density at radius 1 is 1.15 bits per heavy atom. The molecule has 3 heterocycles. The number of carbonyl (C=O) groups excluding carboxylic acids is 1. The zero-order valence-corrected chi connectivity index (χ0v) is 23.3. The van der Waals surface area contributed by atoms with Crippen LogP contribution in [0.25, 0.3) is 16.6 Å². The number of benzene rings is 1. The van der Waals surface area contributed by atoms with Gasteiger partial charge in [-0.25, -0.2) is 14.8 Å². The number of alkyl halides is 3. The van der Waals surface area contributed by atoms with Gasteiger partial charge in [0.15, 0.2) is 0 Å². The van der Waals surface area contributed by atoms with Crippen LogP contribution < -0.4 is 16.6 Å². The van der Waals surface area contributed by atoms with Gasteiger partial charge in [0.1, 0.15) is 22.9 Å². The van der Waals surface area contributed by atoms with Crippen LogP contribution in [0.2, 0.25) is 0 Å². The molecule has 3 N–H and O–H groups in total. The van der Waals surface area contributed by atoms with E-state index >= 15 is 0 Å². The molecule has 4 rings (SSSR count). The Morgan fingerprint density at radius 3 is 2.45 bits per heavy atom. The van der Waals surface area contributed by atoms with Crippen LogP contribution in [0.5, 0.6) is 0 Å². The van der Waals surface area contributed by atoms with Crippen molar-refractivity contribution in [1.82, 2.24) is 19.4 Å². The van der Waals surface area contributed by atoms with Gasteiger partial charge in [-0.3, -0.25) is 9.36 Å². The van der Waals surface area contributed by atoms with Crippen molar-refractivity contribution in [3.63, 3.8) is 0 Å². The summed E-state index contributed by atoms with van der Waals surface area (Å²) in [6.07, 6.45) is -2.70. The number of rotatable bonds is 4. The van der Waals surface area contributed by atoms with Gasteiger partial charge in [-0.15, -0.1) is 0 Å². The summed E-state index contributed by atoms with van der Waals surface area (Å²) >= 11 is 0. The second-order valence-corrected chi connectivity index (χ2v) is 10.9. The third-order valence-corrected chi connectivity index (χ3v) is 6.54. The number of nitrogens with zero attached hydrogens (tertiary/aromatic N) is 4. The van der Waals surface area contributed by atoms with E-state index in [1.807, 2.05) is 6.08 Å². The first-order valence-electron chi connectivity index (χ1n) is 12.8. The van der Waals surface area contributed by atoms with Crippen molar-refractivity contribution in [2.24, 2.45) is 7.05 Å². The van der Waals surface area contributed by atoms with Gasteiger partial charge in [-0.05, 0) is 76.4 Å². The van der Waals surface area contributed by atoms with E-state index in [0.717, 1.165) is 17.7 Å². The van der Waals surface area contributed by atoms with Gasteiger partial charge in [-0.1, -0.05) is 6.08 Å². The first-order chi connectivity index (χ1) is 18.5. The van der Waals surface area contributed by atoms with Crippen molar-refractivity contribution < 1.29 is 22.7 Å². The smallest absolute Gasteiger partial charge is 0.416 e. The minimum Gasteiger partial charge on any atom is -0.444 e. The average Bonchev–Trinajstić information content (AvgIpc) is 2.84. The second kappa shape index (κ2) is 10.5. The fourth-order valence-electron chi connectivity index (χ4n) is 4.56. The van der Waals surface area contributed by atoms with E-state index in [1.54, 1.807) is 52.6 Å². The normalized spacial score (nSPS) is 15.1. The van der Waals surface area contributed by atoms with E-state index in [4.69, 9.17) is 10.5 Å². The number of pyridine rings is 1. The predicted molar refractivity (Wildman–Crippen MR) is 148 cm³/mol. The van der Waals surface area contributed by atoms with Crippen molar-refractivity contribution in [2.75, 3.05) is 24.1 Å². The second-order valence-electron chi connectivity index (χ2n) is 10.9. The topological polar surface area (TPSA) is 115 Å². The summed E-state index contributed by atoms with van der Waals surface area (Å²) in [4.78, 5) is 36.3. The van der Waals surface area contributed by atoms with E-state index in [-0.39, 0.29) is 17.8 Å². The number of nitrogens with one attached hydrogen (secondary N) is 1. The third kappa shape index (κ3) is 6.21. The number of aryl methyl sites for hydroxylation is 2. The number of nitrogen functional groups attached to an aromatic ring is 1. The molecule has 0 aliphatic carbocycles. The fraction of sp³-hybridized carbons (Fsp3) is 0.429. The fourth-order valence-corrected chi connectivity index (χ4v) is 4.56. The molecule has 0 fully saturated rings. The summed E-state index contributed by atoms with van der Waals surface area (Å²) in [5.74, 6) is 0.757. The van der Waals surface area contributed by atoms with Crippen LogP contribution in [0.4, 0.5) is 29.5 Å². The predicted octanol–water partition coefficient (Wildman–Crippen LogP) is 5.44. The largest absolute Gasteiger partial charge is 0.444 e. The molecule has 3 aromatic rings. The van der Waals surface area contributed by atoms with Gasteiger partial charge in [0.05, 0.1) is 17.0 Å². The summed E-state index contributed by atoms with van der Waals surface area (Å²) in [5.41, 5.74) is 5.97. The van der Waals surface area contributed by atoms with Crippen LogP contribution in [-0.2, 0) is 18.0 Å². The minimum absolute atomic E-state index is 0.00320. The van der Waals surface area contributed by atoms with Crippen LogP contribution in [-0.4, -0.2) is 44.2 Å². The monoisotopic (exact) mass is 558 g/mol. The number of halogens is 3. The van der Waals surface area contributed by atoms with Crippen LogP contribution in [0.15, 0.2) is 35.1 Å². The molecule has 0 saturated carbocycles. The summed E-state index contributed by atoms with van der Waals surface area (Å²) in [5, 5.41) is 3.72. The molecule has 1 amide bonds. The summed E-state index contributed by atoms with van der Waals surface area (Å²) in [6, 6.07) is 4.52. The van der Waals surface area contributed by atoms with Crippen molar-refractivity contribution in [2.45, 2.75) is 58.9 Å². The molecule has 0 spiro atoms. The molecule has 0 bridgehead atoms. The van der Waals surface area contributed by atoms with Gasteiger partial charge in [0.2, 0.25) is 0 Å². The number of carbonyl (C=O) groups is 1. The quantitative estimate of drug-likeness (QED) is 0.410. The van der Waals surface area contributed by atoms with Crippen molar-refractivity contribution in [3.8, 4) is 0 Å². The van der Waals surface area contributed by atoms with Gasteiger partial charge >= 0.3 is 12.3 Å². The lowest BCUT2D eigenvalue weighted by Crippen LogP contribution is -2.39. The minimum atomic E-state index is -4.54. The Hall–Kier alpha value is -4.09. The zero-order chi connectivity index (χ0) is 29.6. The molecule has 12 heteroatoms. The molecule has 2 aromatic heterocycles. The van der Waals surface area contributed by atoms with Gasteiger partial charge in [0, 0.05) is 31.4 Å². The Morgan fingerprint density at radius 2 is 1.85 bits per heavy atom. The summed E-state index contributed by atoms with van der Waals surface area (Å²) in [6.45, 7) is 9.44. The Labute approximate surface area is 229 Å². The maximum atomic E-state index is 13.4. The maximum absolute atomic E-state index is 13.4. The number of fused-ring (bicyclic) bond motifs is 1. The number of hydrogen-bond acceptors (Lipinski definition) is 7. The molecule has 9 nitrogen and oxygen atoms in total. The average molecular weight is 559 g/mol. The Balaban J connectivity index is 1.71. The lowest BCUT2D eigenvalue weighted by molar-refractivity contribution is -0.137. The molecule has 1 aliphatic rings. The SMILES string of the molecule is Cc1nc(NC(C)c2cc(N)cc(C(F)(F)F)c2)c2cc(C3=CCN(C(=O)OC(C)(C)C)CC3)c(=O)n(C)c2n1. The van der Waals surface area contributed by atoms with Crippen molar-refractivity contribution in [1.29, 1.82) is 0 Å². The lowest BCUT2D eigenvalue weighted by Gasteiger charge is -2.29.